The number of hydrogen-bond acceptors (Lipinski definition) is 5. The number of methoxy groups -OCH3 is 3. The van der Waals surface area contributed by atoms with E-state index in [0.717, 1.165) is 17.0 Å². The van der Waals surface area contributed by atoms with Crippen molar-refractivity contribution in [2.45, 2.75) is 12.5 Å². The fraction of sp³-hybridized carbons (Fsp3) is 0.208. The van der Waals surface area contributed by atoms with Crippen LogP contribution in [0, 0.1) is 0 Å². The van der Waals surface area contributed by atoms with Gasteiger partial charge in [0.1, 0.15) is 5.75 Å². The molecule has 3 rings (SSSR count). The van der Waals surface area contributed by atoms with Crippen molar-refractivity contribution in [2.24, 2.45) is 0 Å². The Balaban J connectivity index is 1.89. The van der Waals surface area contributed by atoms with Crippen LogP contribution in [0.2, 0.25) is 10.0 Å². The number of carbonyl (C=O) groups excluding carboxylic acids is 1. The molecule has 1 atom stereocenters. The molecule has 31 heavy (non-hydrogen) atoms. The van der Waals surface area contributed by atoms with Crippen LogP contribution in [0.4, 0.5) is 5.69 Å². The summed E-state index contributed by atoms with van der Waals surface area (Å²) in [5.41, 5.74) is 2.22. The lowest BCUT2D eigenvalue weighted by molar-refractivity contribution is 0.0976. The monoisotopic (exact) mass is 459 g/mol. The van der Waals surface area contributed by atoms with Crippen LogP contribution in [0.5, 0.6) is 17.2 Å². The van der Waals surface area contributed by atoms with Gasteiger partial charge in [0, 0.05) is 17.7 Å². The molecular weight excluding hydrogens is 437 g/mol. The van der Waals surface area contributed by atoms with Gasteiger partial charge in [0.2, 0.25) is 0 Å². The van der Waals surface area contributed by atoms with E-state index in [1.54, 1.807) is 44.6 Å². The van der Waals surface area contributed by atoms with Gasteiger partial charge in [-0.25, -0.2) is 0 Å². The summed E-state index contributed by atoms with van der Waals surface area (Å²) in [6.45, 7) is 0. The van der Waals surface area contributed by atoms with Crippen molar-refractivity contribution in [1.82, 2.24) is 0 Å². The lowest BCUT2D eigenvalue weighted by Gasteiger charge is -2.21. The normalized spacial score (nSPS) is 11.5. The van der Waals surface area contributed by atoms with Crippen molar-refractivity contribution in [2.75, 3.05) is 26.6 Å². The van der Waals surface area contributed by atoms with Crippen LogP contribution < -0.4 is 19.5 Å². The molecular formula is C24H23Cl2NO4. The Bertz CT molecular complexity index is 1050. The molecule has 1 N–H and O–H groups in total. The van der Waals surface area contributed by atoms with E-state index in [1.807, 2.05) is 30.3 Å². The molecule has 0 aliphatic rings. The quantitative estimate of drug-likeness (QED) is 0.372. The SMILES string of the molecule is COc1ccc(NC(CC(=O)c2ccc(OC)c(OC)c2)c2ccc(Cl)c(Cl)c2)cc1. The largest absolute Gasteiger partial charge is 0.497 e. The zero-order valence-corrected chi connectivity index (χ0v) is 19.0. The Hall–Kier alpha value is -2.89. The molecule has 0 fully saturated rings. The zero-order valence-electron chi connectivity index (χ0n) is 17.4. The van der Waals surface area contributed by atoms with E-state index in [1.165, 1.54) is 7.11 Å². The molecule has 0 amide bonds. The maximum Gasteiger partial charge on any atom is 0.165 e. The molecule has 3 aromatic carbocycles. The summed E-state index contributed by atoms with van der Waals surface area (Å²) in [5.74, 6) is 1.76. The number of carbonyl (C=O) groups is 1. The maximum absolute atomic E-state index is 13.1. The number of anilines is 1. The van der Waals surface area contributed by atoms with E-state index < -0.39 is 0 Å². The van der Waals surface area contributed by atoms with Gasteiger partial charge in [-0.05, 0) is 60.2 Å². The second-order valence-electron chi connectivity index (χ2n) is 6.80. The Morgan fingerprint density at radius 1 is 0.839 bits per heavy atom. The Morgan fingerprint density at radius 2 is 1.55 bits per heavy atom. The summed E-state index contributed by atoms with van der Waals surface area (Å²) in [4.78, 5) is 13.1. The van der Waals surface area contributed by atoms with Crippen LogP contribution >= 0.6 is 23.2 Å². The van der Waals surface area contributed by atoms with Gasteiger partial charge in [-0.2, -0.15) is 0 Å². The molecule has 1 unspecified atom stereocenters. The van der Waals surface area contributed by atoms with Gasteiger partial charge in [0.05, 0.1) is 37.4 Å². The molecule has 3 aromatic rings. The third-order valence-corrected chi connectivity index (χ3v) is 5.61. The number of Topliss-reactive ketones (excluding diaryl/α,β-unsaturated/α-hetero) is 1. The van der Waals surface area contributed by atoms with Crippen LogP contribution in [-0.2, 0) is 0 Å². The van der Waals surface area contributed by atoms with E-state index in [0.29, 0.717) is 27.1 Å². The average Bonchev–Trinajstić information content (AvgIpc) is 2.80. The third-order valence-electron chi connectivity index (χ3n) is 4.87. The fourth-order valence-electron chi connectivity index (χ4n) is 3.18. The Labute approximate surface area is 191 Å². The molecule has 162 valence electrons. The van der Waals surface area contributed by atoms with E-state index in [4.69, 9.17) is 37.4 Å². The minimum absolute atomic E-state index is 0.0574. The summed E-state index contributed by atoms with van der Waals surface area (Å²) in [6.07, 6.45) is 0.194. The van der Waals surface area contributed by atoms with E-state index in [9.17, 15) is 4.79 Å². The fourth-order valence-corrected chi connectivity index (χ4v) is 3.49. The second-order valence-corrected chi connectivity index (χ2v) is 7.61. The smallest absolute Gasteiger partial charge is 0.165 e. The second kappa shape index (κ2) is 10.4. The highest BCUT2D eigenvalue weighted by molar-refractivity contribution is 6.42. The molecule has 0 bridgehead atoms. The van der Waals surface area contributed by atoms with Crippen LogP contribution in [0.25, 0.3) is 0 Å². The summed E-state index contributed by atoms with van der Waals surface area (Å²) in [6, 6.07) is 17.6. The summed E-state index contributed by atoms with van der Waals surface area (Å²) >= 11 is 12.3. The highest BCUT2D eigenvalue weighted by Gasteiger charge is 2.20. The number of ketones is 1. The van der Waals surface area contributed by atoms with Gasteiger partial charge < -0.3 is 19.5 Å². The van der Waals surface area contributed by atoms with Crippen molar-refractivity contribution in [1.29, 1.82) is 0 Å². The number of hydrogen-bond donors (Lipinski definition) is 1. The molecule has 0 aliphatic carbocycles. The number of benzene rings is 3. The number of rotatable bonds is 9. The van der Waals surface area contributed by atoms with Gasteiger partial charge >= 0.3 is 0 Å². The van der Waals surface area contributed by atoms with Crippen molar-refractivity contribution >= 4 is 34.7 Å². The lowest BCUT2D eigenvalue weighted by atomic mass is 9.97. The van der Waals surface area contributed by atoms with E-state index in [2.05, 4.69) is 5.32 Å². The van der Waals surface area contributed by atoms with Crippen molar-refractivity contribution in [3.63, 3.8) is 0 Å². The number of ether oxygens (including phenoxy) is 3. The van der Waals surface area contributed by atoms with Crippen LogP contribution in [-0.4, -0.2) is 27.1 Å². The van der Waals surface area contributed by atoms with Crippen molar-refractivity contribution in [3.8, 4) is 17.2 Å². The average molecular weight is 460 g/mol. The van der Waals surface area contributed by atoms with Gasteiger partial charge in [-0.15, -0.1) is 0 Å². The van der Waals surface area contributed by atoms with Crippen LogP contribution in [0.3, 0.4) is 0 Å². The summed E-state index contributed by atoms with van der Waals surface area (Å²) in [7, 11) is 4.71. The van der Waals surface area contributed by atoms with Crippen LogP contribution in [0.1, 0.15) is 28.4 Å². The zero-order chi connectivity index (χ0) is 22.4. The first kappa shape index (κ1) is 22.8. The predicted octanol–water partition coefficient (Wildman–Crippen LogP) is 6.45. The standard InChI is InChI=1S/C24H23Cl2NO4/c1-29-18-8-6-17(7-9-18)27-21(15-4-10-19(25)20(26)12-15)14-22(28)16-5-11-23(30-2)24(13-16)31-3/h4-13,21,27H,14H2,1-3H3. The third kappa shape index (κ3) is 5.63. The number of halogens is 2. The van der Waals surface area contributed by atoms with Gasteiger partial charge in [0.25, 0.3) is 0 Å². The maximum atomic E-state index is 13.1. The molecule has 5 nitrogen and oxygen atoms in total. The summed E-state index contributed by atoms with van der Waals surface area (Å²) < 4.78 is 15.8. The summed E-state index contributed by atoms with van der Waals surface area (Å²) in [5, 5.41) is 4.30. The molecule has 0 radical (unpaired) electrons. The first-order chi connectivity index (χ1) is 14.9. The molecule has 7 heteroatoms. The van der Waals surface area contributed by atoms with Gasteiger partial charge in [0.15, 0.2) is 17.3 Å². The molecule has 0 aromatic heterocycles. The van der Waals surface area contributed by atoms with E-state index >= 15 is 0 Å². The molecule has 0 saturated heterocycles. The molecule has 0 aliphatic heterocycles. The molecule has 0 spiro atoms. The Kier molecular flexibility index (Phi) is 7.66. The predicted molar refractivity (Wildman–Crippen MR) is 124 cm³/mol. The molecule has 0 saturated carbocycles. The minimum atomic E-state index is -0.330. The van der Waals surface area contributed by atoms with Gasteiger partial charge in [-0.3, -0.25) is 4.79 Å². The Morgan fingerprint density at radius 3 is 2.16 bits per heavy atom. The van der Waals surface area contributed by atoms with Crippen molar-refractivity contribution < 1.29 is 19.0 Å². The van der Waals surface area contributed by atoms with Gasteiger partial charge in [-0.1, -0.05) is 29.3 Å². The minimum Gasteiger partial charge on any atom is -0.497 e. The van der Waals surface area contributed by atoms with E-state index in [-0.39, 0.29) is 18.2 Å². The lowest BCUT2D eigenvalue weighted by Crippen LogP contribution is -2.16. The first-order valence-electron chi connectivity index (χ1n) is 9.56. The molecule has 0 heterocycles. The van der Waals surface area contributed by atoms with Crippen LogP contribution in [0.15, 0.2) is 60.7 Å². The number of nitrogens with one attached hydrogen (secondary N) is 1. The topological polar surface area (TPSA) is 56.8 Å². The van der Waals surface area contributed by atoms with Crippen molar-refractivity contribution in [3.05, 3.63) is 81.8 Å². The highest BCUT2D eigenvalue weighted by Crippen LogP contribution is 2.32. The first-order valence-corrected chi connectivity index (χ1v) is 10.3. The highest BCUT2D eigenvalue weighted by atomic mass is 35.5.